The summed E-state index contributed by atoms with van der Waals surface area (Å²) in [4.78, 5) is 14.2. The van der Waals surface area contributed by atoms with Crippen molar-refractivity contribution in [3.8, 4) is 5.75 Å². The van der Waals surface area contributed by atoms with Crippen LogP contribution in [0, 0.1) is 0 Å². The van der Waals surface area contributed by atoms with Crippen molar-refractivity contribution >= 4 is 16.7 Å². The molecule has 2 aromatic rings. The molecule has 21 heavy (non-hydrogen) atoms. The number of amides is 1. The van der Waals surface area contributed by atoms with Gasteiger partial charge in [0.2, 0.25) is 0 Å². The van der Waals surface area contributed by atoms with E-state index in [2.05, 4.69) is 0 Å². The van der Waals surface area contributed by atoms with E-state index in [0.717, 1.165) is 10.8 Å². The van der Waals surface area contributed by atoms with Crippen molar-refractivity contribution in [2.24, 2.45) is 0 Å². The Morgan fingerprint density at radius 2 is 1.86 bits per heavy atom. The molecule has 0 aliphatic carbocycles. The molecule has 0 heterocycles. The van der Waals surface area contributed by atoms with Gasteiger partial charge in [0.25, 0.3) is 5.91 Å². The van der Waals surface area contributed by atoms with Crippen LogP contribution in [0.2, 0.25) is 0 Å². The number of phenolic OH excluding ortho intramolecular Hbond substituents is 1. The number of hydrogen-bond donors (Lipinski definition) is 1. The van der Waals surface area contributed by atoms with Crippen LogP contribution >= 0.6 is 0 Å². The first-order valence-corrected chi connectivity index (χ1v) is 7.26. The molecule has 0 aliphatic heterocycles. The lowest BCUT2D eigenvalue weighted by Crippen LogP contribution is -2.33. The number of rotatable bonds is 6. The number of hydrogen-bond acceptors (Lipinski definition) is 3. The van der Waals surface area contributed by atoms with E-state index in [9.17, 15) is 9.90 Å². The second-order valence-electron chi connectivity index (χ2n) is 4.80. The van der Waals surface area contributed by atoms with Crippen molar-refractivity contribution in [1.29, 1.82) is 0 Å². The molecule has 0 fully saturated rings. The molecule has 0 unspecified atom stereocenters. The minimum Gasteiger partial charge on any atom is -0.507 e. The van der Waals surface area contributed by atoms with Crippen LogP contribution in [0.3, 0.4) is 0 Å². The normalized spacial score (nSPS) is 10.8. The topological polar surface area (TPSA) is 49.8 Å². The molecule has 0 radical (unpaired) electrons. The zero-order valence-electron chi connectivity index (χ0n) is 12.5. The fourth-order valence-electron chi connectivity index (χ4n) is 2.29. The van der Waals surface area contributed by atoms with Gasteiger partial charge in [-0.25, -0.2) is 0 Å². The van der Waals surface area contributed by atoms with E-state index in [1.807, 2.05) is 38.1 Å². The first-order chi connectivity index (χ1) is 10.2. The minimum atomic E-state index is -0.166. The predicted molar refractivity (Wildman–Crippen MR) is 83.7 cm³/mol. The van der Waals surface area contributed by atoms with Crippen molar-refractivity contribution in [2.45, 2.75) is 13.8 Å². The summed E-state index contributed by atoms with van der Waals surface area (Å²) >= 11 is 0. The number of carbonyl (C=O) groups is 1. The molecular weight excluding hydrogens is 266 g/mol. The van der Waals surface area contributed by atoms with Crippen LogP contribution < -0.4 is 0 Å². The summed E-state index contributed by atoms with van der Waals surface area (Å²) in [5.74, 6) is -0.144. The Morgan fingerprint density at radius 1 is 1.19 bits per heavy atom. The molecule has 0 aromatic heterocycles. The lowest BCUT2D eigenvalue weighted by atomic mass is 10.0. The standard InChI is InChI=1S/C17H21NO3/c1-3-18(9-10-21-4-2)17(20)15-11-13-7-5-6-8-14(13)12-16(15)19/h5-8,11-12,19H,3-4,9-10H2,1-2H3. The number of benzene rings is 2. The molecule has 0 saturated heterocycles. The van der Waals surface area contributed by atoms with Gasteiger partial charge in [-0.3, -0.25) is 4.79 Å². The largest absolute Gasteiger partial charge is 0.507 e. The molecule has 1 N–H and O–H groups in total. The Bertz CT molecular complexity index is 624. The van der Waals surface area contributed by atoms with Gasteiger partial charge in [0, 0.05) is 19.7 Å². The maximum absolute atomic E-state index is 12.5. The molecule has 0 aliphatic rings. The molecule has 2 aromatic carbocycles. The Hall–Kier alpha value is -2.07. The van der Waals surface area contributed by atoms with Crippen LogP contribution in [0.15, 0.2) is 36.4 Å². The average Bonchev–Trinajstić information content (AvgIpc) is 2.50. The summed E-state index contributed by atoms with van der Waals surface area (Å²) in [6.45, 7) is 6.08. The smallest absolute Gasteiger partial charge is 0.257 e. The molecular formula is C17H21NO3. The van der Waals surface area contributed by atoms with Crippen LogP contribution in [-0.2, 0) is 4.74 Å². The highest BCUT2D eigenvalue weighted by Gasteiger charge is 2.18. The summed E-state index contributed by atoms with van der Waals surface area (Å²) in [5.41, 5.74) is 0.340. The second kappa shape index (κ2) is 7.09. The summed E-state index contributed by atoms with van der Waals surface area (Å²) < 4.78 is 5.30. The zero-order chi connectivity index (χ0) is 15.2. The van der Waals surface area contributed by atoms with Gasteiger partial charge in [-0.2, -0.15) is 0 Å². The van der Waals surface area contributed by atoms with Gasteiger partial charge in [-0.1, -0.05) is 24.3 Å². The van der Waals surface area contributed by atoms with E-state index >= 15 is 0 Å². The second-order valence-corrected chi connectivity index (χ2v) is 4.80. The monoisotopic (exact) mass is 287 g/mol. The predicted octanol–water partition coefficient (Wildman–Crippen LogP) is 3.04. The number of carbonyl (C=O) groups excluding carboxylic acids is 1. The Labute approximate surface area is 124 Å². The van der Waals surface area contributed by atoms with Gasteiger partial charge in [0.15, 0.2) is 0 Å². The molecule has 0 bridgehead atoms. The van der Waals surface area contributed by atoms with Crippen LogP contribution in [0.1, 0.15) is 24.2 Å². The fraction of sp³-hybridized carbons (Fsp3) is 0.353. The Balaban J connectivity index is 2.26. The van der Waals surface area contributed by atoms with Gasteiger partial charge < -0.3 is 14.7 Å². The van der Waals surface area contributed by atoms with E-state index in [0.29, 0.717) is 31.9 Å². The fourth-order valence-corrected chi connectivity index (χ4v) is 2.29. The maximum Gasteiger partial charge on any atom is 0.257 e. The van der Waals surface area contributed by atoms with Gasteiger partial charge >= 0.3 is 0 Å². The van der Waals surface area contributed by atoms with Crippen LogP contribution in [-0.4, -0.2) is 42.2 Å². The van der Waals surface area contributed by atoms with Gasteiger partial charge in [0.1, 0.15) is 5.75 Å². The van der Waals surface area contributed by atoms with Gasteiger partial charge in [-0.05, 0) is 36.8 Å². The van der Waals surface area contributed by atoms with Crippen molar-refractivity contribution in [1.82, 2.24) is 4.90 Å². The first-order valence-electron chi connectivity index (χ1n) is 7.26. The van der Waals surface area contributed by atoms with E-state index in [-0.39, 0.29) is 11.7 Å². The van der Waals surface area contributed by atoms with E-state index in [1.54, 1.807) is 17.0 Å². The molecule has 0 atom stereocenters. The summed E-state index contributed by atoms with van der Waals surface area (Å²) in [7, 11) is 0. The van der Waals surface area contributed by atoms with Crippen molar-refractivity contribution < 1.29 is 14.6 Å². The third kappa shape index (κ3) is 3.52. The van der Waals surface area contributed by atoms with Crippen LogP contribution in [0.25, 0.3) is 10.8 Å². The summed E-state index contributed by atoms with van der Waals surface area (Å²) in [5, 5.41) is 12.0. The number of nitrogens with zero attached hydrogens (tertiary/aromatic N) is 1. The SMILES string of the molecule is CCOCCN(CC)C(=O)c1cc2ccccc2cc1O. The Morgan fingerprint density at radius 3 is 2.48 bits per heavy atom. The number of likely N-dealkylation sites (N-methyl/N-ethyl adjacent to an activating group) is 1. The number of ether oxygens (including phenoxy) is 1. The van der Waals surface area contributed by atoms with Crippen molar-refractivity contribution in [3.63, 3.8) is 0 Å². The quantitative estimate of drug-likeness (QED) is 0.831. The highest BCUT2D eigenvalue weighted by atomic mass is 16.5. The number of phenols is 1. The zero-order valence-corrected chi connectivity index (χ0v) is 12.5. The lowest BCUT2D eigenvalue weighted by Gasteiger charge is -2.21. The highest BCUT2D eigenvalue weighted by Crippen LogP contribution is 2.26. The number of aromatic hydroxyl groups is 1. The lowest BCUT2D eigenvalue weighted by molar-refractivity contribution is 0.0666. The minimum absolute atomic E-state index is 0.0218. The molecule has 4 nitrogen and oxygen atoms in total. The highest BCUT2D eigenvalue weighted by molar-refractivity contribution is 6.01. The van der Waals surface area contributed by atoms with Crippen LogP contribution in [0.5, 0.6) is 5.75 Å². The van der Waals surface area contributed by atoms with Crippen molar-refractivity contribution in [3.05, 3.63) is 42.0 Å². The van der Waals surface area contributed by atoms with Crippen molar-refractivity contribution in [2.75, 3.05) is 26.3 Å². The van der Waals surface area contributed by atoms with Crippen LogP contribution in [0.4, 0.5) is 0 Å². The third-order valence-electron chi connectivity index (χ3n) is 3.47. The number of fused-ring (bicyclic) bond motifs is 1. The van der Waals surface area contributed by atoms with E-state index in [1.165, 1.54) is 0 Å². The molecule has 4 heteroatoms. The van der Waals surface area contributed by atoms with Gasteiger partial charge in [0.05, 0.1) is 12.2 Å². The summed E-state index contributed by atoms with van der Waals surface area (Å²) in [6.07, 6.45) is 0. The van der Waals surface area contributed by atoms with E-state index in [4.69, 9.17) is 4.74 Å². The molecule has 1 amide bonds. The van der Waals surface area contributed by atoms with E-state index < -0.39 is 0 Å². The maximum atomic E-state index is 12.5. The Kier molecular flexibility index (Phi) is 5.17. The molecule has 112 valence electrons. The average molecular weight is 287 g/mol. The summed E-state index contributed by atoms with van der Waals surface area (Å²) in [6, 6.07) is 11.1. The van der Waals surface area contributed by atoms with Gasteiger partial charge in [-0.15, -0.1) is 0 Å². The first kappa shape index (κ1) is 15.3. The third-order valence-corrected chi connectivity index (χ3v) is 3.47. The molecule has 0 spiro atoms. The molecule has 0 saturated carbocycles. The molecule has 2 rings (SSSR count).